The van der Waals surface area contributed by atoms with Crippen molar-refractivity contribution in [1.82, 2.24) is 0 Å². The topological polar surface area (TPSA) is 38.5 Å². The van der Waals surface area contributed by atoms with E-state index in [1.165, 1.54) is 11.3 Å². The fraction of sp³-hybridized carbons (Fsp3) is 0.500. The van der Waals surface area contributed by atoms with E-state index in [4.69, 9.17) is 10.5 Å². The van der Waals surface area contributed by atoms with Gasteiger partial charge >= 0.3 is 0 Å². The third kappa shape index (κ3) is 2.23. The lowest BCUT2D eigenvalue weighted by Crippen LogP contribution is -2.36. The number of benzene rings is 1. The molecule has 3 nitrogen and oxygen atoms in total. The molecule has 0 bridgehead atoms. The molecule has 3 heteroatoms. The van der Waals surface area contributed by atoms with E-state index in [-0.39, 0.29) is 0 Å². The molecule has 0 unspecified atom stereocenters. The van der Waals surface area contributed by atoms with E-state index in [1.807, 2.05) is 0 Å². The Morgan fingerprint density at radius 3 is 2.67 bits per heavy atom. The first-order valence-electron chi connectivity index (χ1n) is 5.52. The van der Waals surface area contributed by atoms with E-state index in [0.717, 1.165) is 38.4 Å². The van der Waals surface area contributed by atoms with Gasteiger partial charge < -0.3 is 15.4 Å². The molecular weight excluding hydrogens is 188 g/mol. The number of rotatable bonds is 2. The van der Waals surface area contributed by atoms with Crippen molar-refractivity contribution in [2.75, 3.05) is 36.9 Å². The predicted molar refractivity (Wildman–Crippen MR) is 63.3 cm³/mol. The number of hydrogen-bond acceptors (Lipinski definition) is 3. The molecule has 1 fully saturated rings. The lowest BCUT2D eigenvalue weighted by atomic mass is 10.1. The van der Waals surface area contributed by atoms with E-state index in [9.17, 15) is 0 Å². The molecule has 82 valence electrons. The van der Waals surface area contributed by atoms with Gasteiger partial charge in [-0.2, -0.15) is 0 Å². The van der Waals surface area contributed by atoms with Gasteiger partial charge in [0.25, 0.3) is 0 Å². The van der Waals surface area contributed by atoms with Crippen molar-refractivity contribution in [3.8, 4) is 0 Å². The fourth-order valence-electron chi connectivity index (χ4n) is 1.92. The quantitative estimate of drug-likeness (QED) is 0.748. The number of nitrogen functional groups attached to an aromatic ring is 1. The molecule has 0 aliphatic carbocycles. The van der Waals surface area contributed by atoms with Crippen LogP contribution in [0.2, 0.25) is 0 Å². The van der Waals surface area contributed by atoms with Gasteiger partial charge in [-0.05, 0) is 24.1 Å². The van der Waals surface area contributed by atoms with Gasteiger partial charge in [-0.15, -0.1) is 0 Å². The van der Waals surface area contributed by atoms with Crippen molar-refractivity contribution < 1.29 is 4.74 Å². The largest absolute Gasteiger partial charge is 0.398 e. The molecule has 1 aromatic rings. The minimum Gasteiger partial charge on any atom is -0.398 e. The molecule has 0 spiro atoms. The molecule has 1 aliphatic rings. The lowest BCUT2D eigenvalue weighted by Gasteiger charge is -2.29. The summed E-state index contributed by atoms with van der Waals surface area (Å²) in [5.41, 5.74) is 9.33. The highest BCUT2D eigenvalue weighted by molar-refractivity contribution is 5.60. The Labute approximate surface area is 90.8 Å². The maximum Gasteiger partial charge on any atom is 0.0642 e. The third-order valence-corrected chi connectivity index (χ3v) is 2.89. The smallest absolute Gasteiger partial charge is 0.0642 e. The first-order chi connectivity index (χ1) is 7.31. The molecule has 1 aliphatic heterocycles. The van der Waals surface area contributed by atoms with Gasteiger partial charge in [-0.1, -0.05) is 13.0 Å². The van der Waals surface area contributed by atoms with E-state index >= 15 is 0 Å². The zero-order valence-corrected chi connectivity index (χ0v) is 9.20. The van der Waals surface area contributed by atoms with Crippen LogP contribution < -0.4 is 10.6 Å². The van der Waals surface area contributed by atoms with Crippen molar-refractivity contribution in [2.45, 2.75) is 13.3 Å². The average molecular weight is 206 g/mol. The Bertz CT molecular complexity index is 332. The monoisotopic (exact) mass is 206 g/mol. The molecule has 1 aromatic carbocycles. The minimum absolute atomic E-state index is 0.815. The van der Waals surface area contributed by atoms with Gasteiger partial charge in [0.2, 0.25) is 0 Å². The number of nitrogens with two attached hydrogens (primary N) is 1. The van der Waals surface area contributed by atoms with Gasteiger partial charge in [0.05, 0.1) is 13.2 Å². The molecule has 0 radical (unpaired) electrons. The Kier molecular flexibility index (Phi) is 3.11. The van der Waals surface area contributed by atoms with Crippen LogP contribution in [-0.4, -0.2) is 26.3 Å². The summed E-state index contributed by atoms with van der Waals surface area (Å²) in [5, 5.41) is 0. The predicted octanol–water partition coefficient (Wildman–Crippen LogP) is 1.67. The molecule has 2 N–H and O–H groups in total. The van der Waals surface area contributed by atoms with E-state index in [1.54, 1.807) is 0 Å². The van der Waals surface area contributed by atoms with Crippen LogP contribution in [-0.2, 0) is 11.2 Å². The zero-order valence-electron chi connectivity index (χ0n) is 9.20. The summed E-state index contributed by atoms with van der Waals surface area (Å²) in [6.45, 7) is 5.68. The SMILES string of the molecule is CCc1ccc(N2CCOCC2)cc1N. The van der Waals surface area contributed by atoms with E-state index < -0.39 is 0 Å². The standard InChI is InChI=1S/C12H18N2O/c1-2-10-3-4-11(9-12(10)13)14-5-7-15-8-6-14/h3-4,9H,2,5-8,13H2,1H3. The Morgan fingerprint density at radius 2 is 2.07 bits per heavy atom. The van der Waals surface area contributed by atoms with Gasteiger partial charge in [0, 0.05) is 24.5 Å². The molecule has 1 heterocycles. The number of nitrogens with zero attached hydrogens (tertiary/aromatic N) is 1. The summed E-state index contributed by atoms with van der Waals surface area (Å²) in [6.07, 6.45) is 0.995. The Morgan fingerprint density at radius 1 is 1.33 bits per heavy atom. The molecule has 0 saturated carbocycles. The summed E-state index contributed by atoms with van der Waals surface area (Å²) < 4.78 is 5.32. The van der Waals surface area contributed by atoms with Crippen LogP contribution in [0, 0.1) is 0 Å². The van der Waals surface area contributed by atoms with Crippen molar-refractivity contribution in [1.29, 1.82) is 0 Å². The van der Waals surface area contributed by atoms with Gasteiger partial charge in [0.15, 0.2) is 0 Å². The van der Waals surface area contributed by atoms with Crippen molar-refractivity contribution in [3.63, 3.8) is 0 Å². The summed E-state index contributed by atoms with van der Waals surface area (Å²) in [5.74, 6) is 0. The van der Waals surface area contributed by atoms with Crippen molar-refractivity contribution in [2.24, 2.45) is 0 Å². The minimum atomic E-state index is 0.815. The summed E-state index contributed by atoms with van der Waals surface area (Å²) in [7, 11) is 0. The molecular formula is C12H18N2O. The molecule has 0 atom stereocenters. The first-order valence-corrected chi connectivity index (χ1v) is 5.52. The maximum atomic E-state index is 5.98. The number of aryl methyl sites for hydroxylation is 1. The molecule has 0 amide bonds. The van der Waals surface area contributed by atoms with Gasteiger partial charge in [0.1, 0.15) is 0 Å². The van der Waals surface area contributed by atoms with Crippen LogP contribution in [0.1, 0.15) is 12.5 Å². The lowest BCUT2D eigenvalue weighted by molar-refractivity contribution is 0.122. The Hall–Kier alpha value is -1.22. The fourth-order valence-corrected chi connectivity index (χ4v) is 1.92. The highest BCUT2D eigenvalue weighted by Gasteiger charge is 2.11. The second-order valence-electron chi connectivity index (χ2n) is 3.84. The van der Waals surface area contributed by atoms with Gasteiger partial charge in [-0.25, -0.2) is 0 Å². The van der Waals surface area contributed by atoms with Crippen LogP contribution >= 0.6 is 0 Å². The molecule has 1 saturated heterocycles. The van der Waals surface area contributed by atoms with Crippen LogP contribution in [0.25, 0.3) is 0 Å². The average Bonchev–Trinajstić information content (AvgIpc) is 2.30. The highest BCUT2D eigenvalue weighted by Crippen LogP contribution is 2.22. The summed E-state index contributed by atoms with van der Waals surface area (Å²) >= 11 is 0. The van der Waals surface area contributed by atoms with E-state index in [2.05, 4.69) is 30.0 Å². The number of morpholine rings is 1. The van der Waals surface area contributed by atoms with Crippen molar-refractivity contribution in [3.05, 3.63) is 23.8 Å². The highest BCUT2D eigenvalue weighted by atomic mass is 16.5. The zero-order chi connectivity index (χ0) is 10.7. The van der Waals surface area contributed by atoms with Crippen LogP contribution in [0.3, 0.4) is 0 Å². The van der Waals surface area contributed by atoms with Crippen LogP contribution in [0.5, 0.6) is 0 Å². The van der Waals surface area contributed by atoms with E-state index in [0.29, 0.717) is 0 Å². The molecule has 2 rings (SSSR count). The van der Waals surface area contributed by atoms with Crippen LogP contribution in [0.4, 0.5) is 11.4 Å². The summed E-state index contributed by atoms with van der Waals surface area (Å²) in [6, 6.07) is 6.35. The second-order valence-corrected chi connectivity index (χ2v) is 3.84. The van der Waals surface area contributed by atoms with Crippen molar-refractivity contribution >= 4 is 11.4 Å². The van der Waals surface area contributed by atoms with Crippen LogP contribution in [0.15, 0.2) is 18.2 Å². The third-order valence-electron chi connectivity index (χ3n) is 2.89. The number of hydrogen-bond donors (Lipinski definition) is 1. The first kappa shape index (κ1) is 10.3. The normalized spacial score (nSPS) is 16.7. The molecule has 0 aromatic heterocycles. The number of ether oxygens (including phenoxy) is 1. The second kappa shape index (κ2) is 4.53. The summed E-state index contributed by atoms with van der Waals surface area (Å²) in [4.78, 5) is 2.32. The molecule has 15 heavy (non-hydrogen) atoms. The maximum absolute atomic E-state index is 5.98. The Balaban J connectivity index is 2.17. The number of anilines is 2. The van der Waals surface area contributed by atoms with Gasteiger partial charge in [-0.3, -0.25) is 0 Å².